The van der Waals surface area contributed by atoms with Gasteiger partial charge in [-0.15, -0.1) is 0 Å². The van der Waals surface area contributed by atoms with Gasteiger partial charge in [-0.3, -0.25) is 0 Å². The lowest BCUT2D eigenvalue weighted by atomic mass is 10.1. The molecule has 0 bridgehead atoms. The van der Waals surface area contributed by atoms with Gasteiger partial charge in [0.2, 0.25) is 0 Å². The maximum Gasteiger partial charge on any atom is 0.168 e. The van der Waals surface area contributed by atoms with Crippen LogP contribution < -0.4 is 4.90 Å². The summed E-state index contributed by atoms with van der Waals surface area (Å²) in [5.41, 5.74) is 0. The molecule has 0 atom stereocenters. The molecule has 18 heavy (non-hydrogen) atoms. The van der Waals surface area contributed by atoms with Gasteiger partial charge in [0, 0.05) is 24.5 Å². The molecule has 1 aliphatic heterocycles. The van der Waals surface area contributed by atoms with Crippen LogP contribution >= 0.6 is 15.9 Å². The van der Waals surface area contributed by atoms with Crippen molar-refractivity contribution in [3.05, 3.63) is 23.9 Å². The van der Waals surface area contributed by atoms with E-state index in [0.29, 0.717) is 19.7 Å². The first-order chi connectivity index (χ1) is 8.70. The molecule has 0 N–H and O–H groups in total. The van der Waals surface area contributed by atoms with E-state index >= 15 is 0 Å². The summed E-state index contributed by atoms with van der Waals surface area (Å²) in [6.45, 7) is 2.05. The van der Waals surface area contributed by atoms with E-state index < -0.39 is 11.6 Å². The molecule has 2 heterocycles. The second-order valence-electron chi connectivity index (χ2n) is 4.21. The minimum atomic E-state index is -0.646. The normalized spacial score (nSPS) is 17.2. The predicted molar refractivity (Wildman–Crippen MR) is 69.1 cm³/mol. The molecule has 0 aliphatic carbocycles. The summed E-state index contributed by atoms with van der Waals surface area (Å²) in [6.07, 6.45) is 2.95. The van der Waals surface area contributed by atoms with Crippen LogP contribution in [-0.4, -0.2) is 36.1 Å². The minimum absolute atomic E-state index is 0.224. The third-order valence-electron chi connectivity index (χ3n) is 2.96. The summed E-state index contributed by atoms with van der Waals surface area (Å²) in [4.78, 5) is 5.65. The van der Waals surface area contributed by atoms with Crippen LogP contribution in [0.5, 0.6) is 0 Å². The average Bonchev–Trinajstić information content (AvgIpc) is 2.37. The third-order valence-corrected chi connectivity index (χ3v) is 3.28. The molecule has 1 aliphatic rings. The quantitative estimate of drug-likeness (QED) is 0.798. The zero-order chi connectivity index (χ0) is 13.0. The van der Waals surface area contributed by atoms with Crippen LogP contribution in [0.2, 0.25) is 0 Å². The minimum Gasteiger partial charge on any atom is -0.377 e. The first kappa shape index (κ1) is 13.7. The molecule has 1 fully saturated rings. The van der Waals surface area contributed by atoms with Crippen molar-refractivity contribution in [1.82, 2.24) is 4.98 Å². The SMILES string of the molecule is Fc1cnc(N2CCC(OCCBr)CC2)c(F)c1. The van der Waals surface area contributed by atoms with Crippen LogP contribution in [0.4, 0.5) is 14.6 Å². The summed E-state index contributed by atoms with van der Waals surface area (Å²) in [5, 5.41) is 0.821. The largest absolute Gasteiger partial charge is 0.377 e. The van der Waals surface area contributed by atoms with Crippen molar-refractivity contribution in [3.63, 3.8) is 0 Å². The number of ether oxygens (including phenoxy) is 1. The van der Waals surface area contributed by atoms with Crippen LogP contribution in [0.3, 0.4) is 0 Å². The molecule has 1 saturated heterocycles. The fourth-order valence-electron chi connectivity index (χ4n) is 2.09. The molecule has 2 rings (SSSR count). The van der Waals surface area contributed by atoms with Crippen molar-refractivity contribution in [2.75, 3.05) is 29.9 Å². The lowest BCUT2D eigenvalue weighted by Gasteiger charge is -2.32. The first-order valence-corrected chi connectivity index (χ1v) is 7.06. The van der Waals surface area contributed by atoms with Gasteiger partial charge < -0.3 is 9.64 Å². The van der Waals surface area contributed by atoms with E-state index in [2.05, 4.69) is 20.9 Å². The summed E-state index contributed by atoms with van der Waals surface area (Å²) in [5.74, 6) is -1.02. The lowest BCUT2D eigenvalue weighted by molar-refractivity contribution is 0.0479. The highest BCUT2D eigenvalue weighted by molar-refractivity contribution is 9.09. The molecule has 0 unspecified atom stereocenters. The van der Waals surface area contributed by atoms with Gasteiger partial charge in [-0.2, -0.15) is 0 Å². The second kappa shape index (κ2) is 6.43. The Morgan fingerprint density at radius 1 is 1.39 bits per heavy atom. The number of alkyl halides is 1. The standard InChI is InChI=1S/C12H15BrF2N2O/c13-3-6-18-10-1-4-17(5-2-10)12-11(15)7-9(14)8-16-12/h7-8,10H,1-6H2. The highest BCUT2D eigenvalue weighted by Crippen LogP contribution is 2.22. The zero-order valence-corrected chi connectivity index (χ0v) is 11.5. The molecule has 6 heteroatoms. The van der Waals surface area contributed by atoms with Crippen LogP contribution in [-0.2, 0) is 4.74 Å². The van der Waals surface area contributed by atoms with Crippen molar-refractivity contribution >= 4 is 21.7 Å². The smallest absolute Gasteiger partial charge is 0.168 e. The van der Waals surface area contributed by atoms with Gasteiger partial charge >= 0.3 is 0 Å². The summed E-state index contributed by atoms with van der Waals surface area (Å²) < 4.78 is 31.9. The summed E-state index contributed by atoms with van der Waals surface area (Å²) in [7, 11) is 0. The number of rotatable bonds is 4. The highest BCUT2D eigenvalue weighted by Gasteiger charge is 2.22. The zero-order valence-electron chi connectivity index (χ0n) is 9.91. The van der Waals surface area contributed by atoms with Crippen molar-refractivity contribution in [2.24, 2.45) is 0 Å². The van der Waals surface area contributed by atoms with E-state index in [9.17, 15) is 8.78 Å². The average molecular weight is 321 g/mol. The van der Waals surface area contributed by atoms with Gasteiger partial charge in [-0.25, -0.2) is 13.8 Å². The number of pyridine rings is 1. The number of aromatic nitrogens is 1. The van der Waals surface area contributed by atoms with E-state index in [1.54, 1.807) is 0 Å². The Morgan fingerprint density at radius 2 is 2.11 bits per heavy atom. The Kier molecular flexibility index (Phi) is 4.88. The van der Waals surface area contributed by atoms with E-state index in [1.807, 2.05) is 4.90 Å². The van der Waals surface area contributed by atoms with Gasteiger partial charge in [0.25, 0.3) is 0 Å². The molecular weight excluding hydrogens is 306 g/mol. The highest BCUT2D eigenvalue weighted by atomic mass is 79.9. The molecule has 0 aromatic carbocycles. The topological polar surface area (TPSA) is 25.4 Å². The van der Waals surface area contributed by atoms with Crippen molar-refractivity contribution in [1.29, 1.82) is 0 Å². The van der Waals surface area contributed by atoms with Crippen molar-refractivity contribution in [3.8, 4) is 0 Å². The van der Waals surface area contributed by atoms with E-state index in [0.717, 1.165) is 30.4 Å². The van der Waals surface area contributed by atoms with Crippen LogP contribution in [0.25, 0.3) is 0 Å². The molecule has 3 nitrogen and oxygen atoms in total. The Labute approximate surface area is 113 Å². The number of hydrogen-bond donors (Lipinski definition) is 0. The molecule has 100 valence electrons. The van der Waals surface area contributed by atoms with Gasteiger partial charge in [0.15, 0.2) is 11.6 Å². The van der Waals surface area contributed by atoms with Gasteiger partial charge in [-0.05, 0) is 12.8 Å². The van der Waals surface area contributed by atoms with Gasteiger partial charge in [0.1, 0.15) is 5.82 Å². The Hall–Kier alpha value is -0.750. The van der Waals surface area contributed by atoms with Crippen molar-refractivity contribution < 1.29 is 13.5 Å². The third kappa shape index (κ3) is 3.38. The number of nitrogens with zero attached hydrogens (tertiary/aromatic N) is 2. The number of hydrogen-bond acceptors (Lipinski definition) is 3. The molecule has 0 radical (unpaired) electrons. The predicted octanol–water partition coefficient (Wildman–Crippen LogP) is 2.74. The second-order valence-corrected chi connectivity index (χ2v) is 5.00. The van der Waals surface area contributed by atoms with Crippen molar-refractivity contribution in [2.45, 2.75) is 18.9 Å². The molecule has 1 aromatic rings. The van der Waals surface area contributed by atoms with E-state index in [4.69, 9.17) is 4.74 Å². The summed E-state index contributed by atoms with van der Waals surface area (Å²) in [6, 6.07) is 0.871. The Morgan fingerprint density at radius 3 is 2.72 bits per heavy atom. The van der Waals surface area contributed by atoms with Crippen LogP contribution in [0, 0.1) is 11.6 Å². The monoisotopic (exact) mass is 320 g/mol. The lowest BCUT2D eigenvalue weighted by Crippen LogP contribution is -2.38. The maximum absolute atomic E-state index is 13.6. The van der Waals surface area contributed by atoms with Gasteiger partial charge in [0.05, 0.1) is 18.9 Å². The number of piperidine rings is 1. The molecule has 1 aromatic heterocycles. The maximum atomic E-state index is 13.6. The molecule has 0 saturated carbocycles. The van der Waals surface area contributed by atoms with Gasteiger partial charge in [-0.1, -0.05) is 15.9 Å². The molecule has 0 spiro atoms. The summed E-state index contributed by atoms with van der Waals surface area (Å²) >= 11 is 3.31. The Bertz CT molecular complexity index is 398. The molecule has 0 amide bonds. The fraction of sp³-hybridized carbons (Fsp3) is 0.583. The van der Waals surface area contributed by atoms with E-state index in [-0.39, 0.29) is 11.9 Å². The molecular formula is C12H15BrF2N2O. The van der Waals surface area contributed by atoms with E-state index in [1.165, 1.54) is 0 Å². The fourth-order valence-corrected chi connectivity index (χ4v) is 2.27. The van der Waals surface area contributed by atoms with Crippen LogP contribution in [0.1, 0.15) is 12.8 Å². The van der Waals surface area contributed by atoms with Crippen LogP contribution in [0.15, 0.2) is 12.3 Å². The number of anilines is 1. The first-order valence-electron chi connectivity index (χ1n) is 5.94. The Balaban J connectivity index is 1.93. The number of halogens is 3.